The van der Waals surface area contributed by atoms with Gasteiger partial charge in [0, 0.05) is 23.3 Å². The van der Waals surface area contributed by atoms with E-state index in [-0.39, 0.29) is 5.36 Å². The maximum atomic E-state index is 11.3. The Labute approximate surface area is 207 Å². The molecule has 1 unspecified atom stereocenters. The number of nitrogens with zero attached hydrogens (tertiary/aromatic N) is 2. The molecule has 1 N–H and O–H groups in total. The maximum Gasteiger partial charge on any atom is 0.152 e. The Hall–Kier alpha value is -4.53. The predicted octanol–water partition coefficient (Wildman–Crippen LogP) is 5.92. The van der Waals surface area contributed by atoms with Crippen LogP contribution in [0.5, 0.6) is 23.0 Å². The lowest BCUT2D eigenvalue weighted by Crippen LogP contribution is -2.07. The molecule has 0 saturated heterocycles. The number of rotatable bonds is 8. The largest absolute Gasteiger partial charge is 0.497 e. The Morgan fingerprint density at radius 2 is 1.53 bits per heavy atom. The van der Waals surface area contributed by atoms with Gasteiger partial charge in [-0.05, 0) is 48.9 Å². The molecule has 9 heteroatoms. The molecule has 0 fully saturated rings. The Morgan fingerprint density at radius 3 is 2.11 bits per heavy atom. The summed E-state index contributed by atoms with van der Waals surface area (Å²) in [6.07, 6.45) is 0. The lowest BCUT2D eigenvalue weighted by atomic mass is 9.96. The molecular weight excluding hydrogens is 464 g/mol. The predicted molar refractivity (Wildman–Crippen MR) is 135 cm³/mol. The molecule has 36 heavy (non-hydrogen) atoms. The van der Waals surface area contributed by atoms with Crippen LogP contribution in [0.4, 0.5) is 0 Å². The molecule has 0 bridgehead atoms. The van der Waals surface area contributed by atoms with Crippen LogP contribution in [0.15, 0.2) is 69.3 Å². The molecule has 0 amide bonds. The molecule has 1 heterocycles. The number of ether oxygens (including phenoxy) is 4. The number of benzene rings is 3. The summed E-state index contributed by atoms with van der Waals surface area (Å²) in [5, 5.41) is 17.3. The van der Waals surface area contributed by atoms with Gasteiger partial charge >= 0.3 is 0 Å². The highest BCUT2D eigenvalue weighted by atomic mass is 16.5. The normalized spacial score (nSPS) is 12.3. The zero-order valence-electron chi connectivity index (χ0n) is 20.6. The Bertz CT molecular complexity index is 1480. The van der Waals surface area contributed by atoms with E-state index < -0.39 is 6.04 Å². The van der Waals surface area contributed by atoms with E-state index in [1.807, 2.05) is 12.1 Å². The summed E-state index contributed by atoms with van der Waals surface area (Å²) in [5.41, 5.74) is 2.90. The first-order valence-electron chi connectivity index (χ1n) is 11.1. The number of nitroso groups, excluding NO2 is 1. The van der Waals surface area contributed by atoms with Gasteiger partial charge in [-0.25, -0.2) is 0 Å². The van der Waals surface area contributed by atoms with Gasteiger partial charge in [0.05, 0.1) is 39.4 Å². The Kier molecular flexibility index (Phi) is 7.10. The first kappa shape index (κ1) is 24.6. The molecule has 4 aromatic rings. The van der Waals surface area contributed by atoms with Crippen molar-refractivity contribution >= 4 is 11.0 Å². The molecule has 186 valence electrons. The number of hydrogen-bond acceptors (Lipinski definition) is 9. The van der Waals surface area contributed by atoms with E-state index in [0.29, 0.717) is 56.4 Å². The molecule has 0 aliphatic rings. The molecule has 0 aliphatic heterocycles. The monoisotopic (exact) mass is 490 g/mol. The molecule has 0 saturated carbocycles. The van der Waals surface area contributed by atoms with Crippen LogP contribution in [0, 0.1) is 4.91 Å². The van der Waals surface area contributed by atoms with Gasteiger partial charge in [-0.3, -0.25) is 0 Å². The van der Waals surface area contributed by atoms with Gasteiger partial charge in [0.15, 0.2) is 5.58 Å². The Balaban J connectivity index is 2.15. The Morgan fingerprint density at radius 1 is 0.833 bits per heavy atom. The summed E-state index contributed by atoms with van der Waals surface area (Å²) in [5.74, 6) is 2.47. The van der Waals surface area contributed by atoms with Crippen LogP contribution >= 0.6 is 0 Å². The van der Waals surface area contributed by atoms with Crippen molar-refractivity contribution < 1.29 is 28.6 Å². The van der Waals surface area contributed by atoms with Crippen LogP contribution in [0.3, 0.4) is 0 Å². The van der Waals surface area contributed by atoms with E-state index in [9.17, 15) is 10.1 Å². The summed E-state index contributed by atoms with van der Waals surface area (Å²) >= 11 is 0. The first-order valence-corrected chi connectivity index (χ1v) is 11.1. The first-order chi connectivity index (χ1) is 17.5. The van der Waals surface area contributed by atoms with Crippen molar-refractivity contribution in [1.82, 2.24) is 0 Å². The third-order valence-corrected chi connectivity index (χ3v) is 6.00. The van der Waals surface area contributed by atoms with Crippen molar-refractivity contribution in [3.63, 3.8) is 0 Å². The molecule has 1 aromatic heterocycles. The third-order valence-electron chi connectivity index (χ3n) is 6.00. The molecule has 0 aliphatic carbocycles. The van der Waals surface area contributed by atoms with Crippen LogP contribution < -0.4 is 24.3 Å². The quantitative estimate of drug-likeness (QED) is 0.185. The zero-order chi connectivity index (χ0) is 25.8. The van der Waals surface area contributed by atoms with E-state index in [1.54, 1.807) is 63.6 Å². The summed E-state index contributed by atoms with van der Waals surface area (Å²) in [4.78, 5) is 11.3. The molecule has 9 nitrogen and oxygen atoms in total. The van der Waals surface area contributed by atoms with E-state index in [0.717, 1.165) is 5.56 Å². The second-order valence-corrected chi connectivity index (χ2v) is 7.93. The molecule has 1 atom stereocenters. The van der Waals surface area contributed by atoms with E-state index >= 15 is 0 Å². The van der Waals surface area contributed by atoms with E-state index in [1.165, 1.54) is 14.2 Å². The maximum absolute atomic E-state index is 11.3. The fraction of sp³-hybridized carbons (Fsp3) is 0.222. The van der Waals surface area contributed by atoms with Gasteiger partial charge in [-0.15, -0.1) is 0 Å². The van der Waals surface area contributed by atoms with Gasteiger partial charge in [0.1, 0.15) is 40.2 Å². The number of methoxy groups -OCH3 is 4. The fourth-order valence-corrected chi connectivity index (χ4v) is 4.09. The van der Waals surface area contributed by atoms with Crippen LogP contribution in [0.1, 0.15) is 18.5 Å². The smallest absolute Gasteiger partial charge is 0.152 e. The van der Waals surface area contributed by atoms with Crippen molar-refractivity contribution in [3.8, 4) is 45.4 Å². The standard InChI is InChI=1S/C27H26N2O7/c1-15(28-30)17-8-11-21(33-3)19(12-17)25-23(34-4)14-24(35-5)26-20(29-31)13-22(36-27(25)26)16-6-9-18(32-2)10-7-16/h6-15,31H,1-5H3. The fourth-order valence-electron chi connectivity index (χ4n) is 4.09. The summed E-state index contributed by atoms with van der Waals surface area (Å²) < 4.78 is 28.7. The topological polar surface area (TPSA) is 112 Å². The lowest BCUT2D eigenvalue weighted by Gasteiger charge is -2.18. The van der Waals surface area contributed by atoms with Crippen molar-refractivity contribution in [2.24, 2.45) is 10.3 Å². The second kappa shape index (κ2) is 10.4. The van der Waals surface area contributed by atoms with Crippen molar-refractivity contribution in [1.29, 1.82) is 0 Å². The highest BCUT2D eigenvalue weighted by Gasteiger charge is 2.24. The highest BCUT2D eigenvalue weighted by molar-refractivity contribution is 6.01. The van der Waals surface area contributed by atoms with Gasteiger partial charge in [0.25, 0.3) is 0 Å². The minimum absolute atomic E-state index is 0.237. The van der Waals surface area contributed by atoms with Crippen LogP contribution in [-0.4, -0.2) is 33.6 Å². The summed E-state index contributed by atoms with van der Waals surface area (Å²) in [6, 6.07) is 15.3. The molecular formula is C27H26N2O7. The van der Waals surface area contributed by atoms with Crippen LogP contribution in [0.25, 0.3) is 33.4 Å². The van der Waals surface area contributed by atoms with Gasteiger partial charge in [-0.1, -0.05) is 16.4 Å². The van der Waals surface area contributed by atoms with Crippen molar-refractivity contribution in [3.05, 3.63) is 70.4 Å². The second-order valence-electron chi connectivity index (χ2n) is 7.93. The van der Waals surface area contributed by atoms with Crippen LogP contribution in [-0.2, 0) is 0 Å². The minimum atomic E-state index is -0.583. The molecule has 0 spiro atoms. The minimum Gasteiger partial charge on any atom is -0.497 e. The van der Waals surface area contributed by atoms with Gasteiger partial charge in [-0.2, -0.15) is 4.91 Å². The zero-order valence-corrected chi connectivity index (χ0v) is 20.6. The average Bonchev–Trinajstić information content (AvgIpc) is 2.94. The van der Waals surface area contributed by atoms with Gasteiger partial charge in [0.2, 0.25) is 0 Å². The highest BCUT2D eigenvalue weighted by Crippen LogP contribution is 2.46. The molecule has 0 radical (unpaired) electrons. The number of fused-ring (bicyclic) bond motifs is 1. The van der Waals surface area contributed by atoms with Crippen LogP contribution in [0.2, 0.25) is 0 Å². The average molecular weight is 491 g/mol. The van der Waals surface area contributed by atoms with Crippen molar-refractivity contribution in [2.45, 2.75) is 13.0 Å². The number of hydrogen-bond donors (Lipinski definition) is 1. The van der Waals surface area contributed by atoms with Gasteiger partial charge < -0.3 is 28.6 Å². The SMILES string of the molecule is COc1ccc(-c2cc(=NO)c3c(OC)cc(OC)c(-c4cc(C(C)N=O)ccc4OC)c3o2)cc1. The summed E-state index contributed by atoms with van der Waals surface area (Å²) in [7, 11) is 6.17. The lowest BCUT2D eigenvalue weighted by molar-refractivity contribution is 0.302. The third kappa shape index (κ3) is 4.31. The van der Waals surface area contributed by atoms with Crippen molar-refractivity contribution in [2.75, 3.05) is 28.4 Å². The van der Waals surface area contributed by atoms with E-state index in [4.69, 9.17) is 23.4 Å². The molecule has 4 rings (SSSR count). The molecule has 3 aromatic carbocycles. The summed E-state index contributed by atoms with van der Waals surface area (Å²) in [6.45, 7) is 1.71. The van der Waals surface area contributed by atoms with E-state index in [2.05, 4.69) is 10.3 Å².